The first-order chi connectivity index (χ1) is 18.8. The van der Waals surface area contributed by atoms with Crippen LogP contribution in [0.2, 0.25) is 0 Å². The molecule has 0 saturated carbocycles. The van der Waals surface area contributed by atoms with E-state index < -0.39 is 29.7 Å². The predicted molar refractivity (Wildman–Crippen MR) is 157 cm³/mol. The van der Waals surface area contributed by atoms with Crippen molar-refractivity contribution in [1.82, 2.24) is 0 Å². The summed E-state index contributed by atoms with van der Waals surface area (Å²) < 4.78 is 17.2. The van der Waals surface area contributed by atoms with Gasteiger partial charge in [0, 0.05) is 0 Å². The predicted octanol–water partition coefficient (Wildman–Crippen LogP) is 8.07. The minimum absolute atomic E-state index is 0.207. The molecule has 226 valence electrons. The first-order valence-corrected chi connectivity index (χ1v) is 16.0. The van der Waals surface area contributed by atoms with Gasteiger partial charge >= 0.3 is 17.9 Å². The van der Waals surface area contributed by atoms with Crippen molar-refractivity contribution in [3.63, 3.8) is 0 Å². The van der Waals surface area contributed by atoms with E-state index in [1.54, 1.807) is 12.2 Å². The summed E-state index contributed by atoms with van der Waals surface area (Å²) in [6.45, 7) is 13.9. The molecule has 39 heavy (non-hydrogen) atoms. The molecule has 0 heterocycles. The first kappa shape index (κ1) is 35.2. The number of ether oxygens (including phenoxy) is 3. The van der Waals surface area contributed by atoms with E-state index in [4.69, 9.17) is 14.2 Å². The van der Waals surface area contributed by atoms with E-state index in [2.05, 4.69) is 41.5 Å². The minimum Gasteiger partial charge on any atom is -0.465 e. The molecular formula is C33H58O6. The highest BCUT2D eigenvalue weighted by Gasteiger charge is 2.41. The number of carbonyl (C=O) groups excluding carboxylic acids is 3. The van der Waals surface area contributed by atoms with Crippen LogP contribution in [0.25, 0.3) is 0 Å². The lowest BCUT2D eigenvalue weighted by molar-refractivity contribution is -0.163. The van der Waals surface area contributed by atoms with Crippen LogP contribution in [0, 0.1) is 35.5 Å². The molecule has 6 nitrogen and oxygen atoms in total. The molecule has 1 aliphatic rings. The van der Waals surface area contributed by atoms with Crippen LogP contribution in [0.4, 0.5) is 0 Å². The molecule has 0 saturated heterocycles. The highest BCUT2D eigenvalue weighted by Crippen LogP contribution is 2.32. The molecule has 0 radical (unpaired) electrons. The summed E-state index contributed by atoms with van der Waals surface area (Å²) >= 11 is 0. The van der Waals surface area contributed by atoms with Crippen molar-refractivity contribution in [2.75, 3.05) is 19.8 Å². The van der Waals surface area contributed by atoms with Crippen LogP contribution in [0.1, 0.15) is 125 Å². The summed E-state index contributed by atoms with van der Waals surface area (Å²) in [7, 11) is 0. The third kappa shape index (κ3) is 13.4. The number of hydrogen-bond acceptors (Lipinski definition) is 6. The quantitative estimate of drug-likeness (QED) is 0.0816. The van der Waals surface area contributed by atoms with Crippen molar-refractivity contribution in [2.45, 2.75) is 125 Å². The molecule has 0 aromatic rings. The molecule has 0 amide bonds. The Morgan fingerprint density at radius 1 is 0.615 bits per heavy atom. The maximum absolute atomic E-state index is 13.3. The van der Waals surface area contributed by atoms with Crippen molar-refractivity contribution in [3.8, 4) is 0 Å². The standard InChI is InChI=1S/C33H58O6/c1-7-13-16-25(10-4)22-37-31(34)28-19-20-29(32(35)38-23-26(11-5)17-14-8-2)30(21-28)33(36)39-24-27(12-6)18-15-9-3/h19-20,25-30H,7-18,21-24H2,1-6H3. The fourth-order valence-electron chi connectivity index (χ4n) is 5.15. The SMILES string of the molecule is CCCCC(CC)COC(=O)C1C=CC(C(=O)OCC(CC)CCCC)C(C(=O)OCC(CC)CCCC)C1. The van der Waals surface area contributed by atoms with Gasteiger partial charge in [0.2, 0.25) is 0 Å². The van der Waals surface area contributed by atoms with Crippen LogP contribution in [0.3, 0.4) is 0 Å². The van der Waals surface area contributed by atoms with Crippen LogP contribution < -0.4 is 0 Å². The lowest BCUT2D eigenvalue weighted by Crippen LogP contribution is -2.38. The molecular weight excluding hydrogens is 492 g/mol. The maximum Gasteiger partial charge on any atom is 0.313 e. The second-order valence-electron chi connectivity index (χ2n) is 11.5. The van der Waals surface area contributed by atoms with Gasteiger partial charge in [-0.3, -0.25) is 14.4 Å². The zero-order valence-corrected chi connectivity index (χ0v) is 25.9. The Bertz CT molecular complexity index is 717. The van der Waals surface area contributed by atoms with Crippen LogP contribution >= 0.6 is 0 Å². The molecule has 1 rings (SSSR count). The largest absolute Gasteiger partial charge is 0.465 e. The Hall–Kier alpha value is -1.85. The molecule has 6 heteroatoms. The van der Waals surface area contributed by atoms with Gasteiger partial charge in [0.05, 0.1) is 37.6 Å². The number of hydrogen-bond donors (Lipinski definition) is 0. The molecule has 0 aromatic heterocycles. The highest BCUT2D eigenvalue weighted by molar-refractivity contribution is 5.86. The van der Waals surface area contributed by atoms with Gasteiger partial charge in [-0.15, -0.1) is 0 Å². The Kier molecular flexibility index (Phi) is 18.9. The molecule has 0 fully saturated rings. The Morgan fingerprint density at radius 2 is 1.03 bits per heavy atom. The van der Waals surface area contributed by atoms with Crippen molar-refractivity contribution < 1.29 is 28.6 Å². The van der Waals surface area contributed by atoms with Crippen molar-refractivity contribution in [2.24, 2.45) is 35.5 Å². The number of esters is 3. The second-order valence-corrected chi connectivity index (χ2v) is 11.5. The van der Waals surface area contributed by atoms with E-state index in [1.165, 1.54) is 0 Å². The van der Waals surface area contributed by atoms with Crippen LogP contribution in [-0.4, -0.2) is 37.7 Å². The number of rotatable bonds is 21. The summed E-state index contributed by atoms with van der Waals surface area (Å²) in [6, 6.07) is 0. The molecule has 0 aliphatic heterocycles. The fraction of sp³-hybridized carbons (Fsp3) is 0.848. The van der Waals surface area contributed by atoms with E-state index in [9.17, 15) is 14.4 Å². The van der Waals surface area contributed by atoms with E-state index in [-0.39, 0.29) is 12.4 Å². The summed E-state index contributed by atoms with van der Waals surface area (Å²) in [5.41, 5.74) is 0. The summed E-state index contributed by atoms with van der Waals surface area (Å²) in [5, 5.41) is 0. The fourth-order valence-corrected chi connectivity index (χ4v) is 5.15. The maximum atomic E-state index is 13.3. The molecule has 0 N–H and O–H groups in total. The van der Waals surface area contributed by atoms with Gasteiger partial charge < -0.3 is 14.2 Å². The molecule has 1 aliphatic carbocycles. The van der Waals surface area contributed by atoms with Gasteiger partial charge in [-0.25, -0.2) is 0 Å². The van der Waals surface area contributed by atoms with Gasteiger partial charge in [0.1, 0.15) is 0 Å². The molecule has 0 spiro atoms. The third-order valence-corrected chi connectivity index (χ3v) is 8.38. The van der Waals surface area contributed by atoms with Crippen LogP contribution in [-0.2, 0) is 28.6 Å². The molecule has 0 bridgehead atoms. The Balaban J connectivity index is 2.93. The van der Waals surface area contributed by atoms with E-state index in [1.807, 2.05) is 0 Å². The highest BCUT2D eigenvalue weighted by atomic mass is 16.5. The van der Waals surface area contributed by atoms with Crippen molar-refractivity contribution in [1.29, 1.82) is 0 Å². The van der Waals surface area contributed by atoms with E-state index >= 15 is 0 Å². The molecule has 6 unspecified atom stereocenters. The summed E-state index contributed by atoms with van der Waals surface area (Å²) in [6.07, 6.45) is 16.2. The summed E-state index contributed by atoms with van der Waals surface area (Å²) in [5.74, 6) is -2.24. The summed E-state index contributed by atoms with van der Waals surface area (Å²) in [4.78, 5) is 39.5. The second kappa shape index (κ2) is 21.0. The first-order valence-electron chi connectivity index (χ1n) is 16.0. The van der Waals surface area contributed by atoms with Gasteiger partial charge in [-0.2, -0.15) is 0 Å². The average molecular weight is 551 g/mol. The lowest BCUT2D eigenvalue weighted by Gasteiger charge is -2.29. The van der Waals surface area contributed by atoms with Crippen molar-refractivity contribution >= 4 is 17.9 Å². The lowest BCUT2D eigenvalue weighted by atomic mass is 9.79. The minimum atomic E-state index is -0.749. The average Bonchev–Trinajstić information content (AvgIpc) is 2.96. The van der Waals surface area contributed by atoms with E-state index in [0.29, 0.717) is 37.6 Å². The van der Waals surface area contributed by atoms with Gasteiger partial charge in [0.25, 0.3) is 0 Å². The topological polar surface area (TPSA) is 78.9 Å². The monoisotopic (exact) mass is 550 g/mol. The number of unbranched alkanes of at least 4 members (excludes halogenated alkanes) is 3. The molecule has 0 aromatic carbocycles. The van der Waals surface area contributed by atoms with Gasteiger partial charge in [-0.1, -0.05) is 111 Å². The van der Waals surface area contributed by atoms with Crippen molar-refractivity contribution in [3.05, 3.63) is 12.2 Å². The zero-order chi connectivity index (χ0) is 29.0. The molecule has 6 atom stereocenters. The van der Waals surface area contributed by atoms with Crippen LogP contribution in [0.15, 0.2) is 12.2 Å². The van der Waals surface area contributed by atoms with Gasteiger partial charge in [0.15, 0.2) is 0 Å². The van der Waals surface area contributed by atoms with E-state index in [0.717, 1.165) is 77.0 Å². The van der Waals surface area contributed by atoms with Gasteiger partial charge in [-0.05, 0) is 43.4 Å². The normalized spacial score (nSPS) is 21.1. The Labute approximate surface area is 239 Å². The number of carbonyl (C=O) groups is 3. The van der Waals surface area contributed by atoms with Crippen LogP contribution in [0.5, 0.6) is 0 Å². The smallest absolute Gasteiger partial charge is 0.313 e. The Morgan fingerprint density at radius 3 is 1.44 bits per heavy atom. The zero-order valence-electron chi connectivity index (χ0n) is 25.9. The third-order valence-electron chi connectivity index (χ3n) is 8.38.